The molecule has 3 fully saturated rings. The number of nitrogens with zero attached hydrogens (tertiary/aromatic N) is 1. The van der Waals surface area contributed by atoms with Gasteiger partial charge < -0.3 is 20.1 Å². The van der Waals surface area contributed by atoms with Crippen molar-refractivity contribution in [2.24, 2.45) is 11.8 Å². The number of carbonyl (C=O) groups is 2. The van der Waals surface area contributed by atoms with Crippen LogP contribution >= 0.6 is 0 Å². The highest BCUT2D eigenvalue weighted by atomic mass is 16.5. The molecule has 2 heterocycles. The Morgan fingerprint density at radius 2 is 1.78 bits per heavy atom. The van der Waals surface area contributed by atoms with Gasteiger partial charge in [0.1, 0.15) is 0 Å². The number of carbonyl (C=O) groups excluding carboxylic acids is 2. The summed E-state index contributed by atoms with van der Waals surface area (Å²) in [6, 6.07) is 0. The molecule has 2 amide bonds. The number of hydrogen-bond acceptors (Lipinski definition) is 5. The molecule has 3 rings (SSSR count). The number of morpholine rings is 1. The van der Waals surface area contributed by atoms with Crippen molar-refractivity contribution in [2.75, 3.05) is 52.5 Å². The van der Waals surface area contributed by atoms with Crippen LogP contribution < -0.4 is 10.6 Å². The predicted molar refractivity (Wildman–Crippen MR) is 83.8 cm³/mol. The summed E-state index contributed by atoms with van der Waals surface area (Å²) in [5.74, 6) is -0.298. The third-order valence-corrected chi connectivity index (χ3v) is 4.82. The summed E-state index contributed by atoms with van der Waals surface area (Å²) in [5, 5.41) is 5.86. The molecule has 0 bridgehead atoms. The lowest BCUT2D eigenvalue weighted by molar-refractivity contribution is -0.127. The van der Waals surface area contributed by atoms with Crippen molar-refractivity contribution in [3.05, 3.63) is 0 Å². The lowest BCUT2D eigenvalue weighted by atomic mass is 10.2. The van der Waals surface area contributed by atoms with Crippen molar-refractivity contribution < 1.29 is 19.1 Å². The predicted octanol–water partition coefficient (Wildman–Crippen LogP) is -0.634. The van der Waals surface area contributed by atoms with Crippen LogP contribution in [0.15, 0.2) is 0 Å². The van der Waals surface area contributed by atoms with E-state index >= 15 is 0 Å². The first-order chi connectivity index (χ1) is 11.2. The van der Waals surface area contributed by atoms with Gasteiger partial charge in [0, 0.05) is 39.3 Å². The minimum Gasteiger partial charge on any atom is -0.379 e. The van der Waals surface area contributed by atoms with Crippen LogP contribution in [0.25, 0.3) is 0 Å². The van der Waals surface area contributed by atoms with Crippen molar-refractivity contribution in [1.29, 1.82) is 0 Å². The molecule has 0 radical (unpaired) electrons. The van der Waals surface area contributed by atoms with Gasteiger partial charge in [0.05, 0.1) is 31.2 Å². The molecular formula is C16H27N3O4. The van der Waals surface area contributed by atoms with E-state index in [2.05, 4.69) is 15.5 Å². The molecule has 0 aromatic heterocycles. The summed E-state index contributed by atoms with van der Waals surface area (Å²) in [4.78, 5) is 26.4. The van der Waals surface area contributed by atoms with Gasteiger partial charge in [-0.1, -0.05) is 0 Å². The number of ether oxygens (including phenoxy) is 2. The quantitative estimate of drug-likeness (QED) is 0.651. The maximum atomic E-state index is 12.1. The van der Waals surface area contributed by atoms with Gasteiger partial charge >= 0.3 is 0 Å². The van der Waals surface area contributed by atoms with E-state index in [1.165, 1.54) is 0 Å². The fraction of sp³-hybridized carbons (Fsp3) is 0.875. The Morgan fingerprint density at radius 3 is 2.48 bits per heavy atom. The minimum absolute atomic E-state index is 0.00571. The molecule has 3 atom stereocenters. The van der Waals surface area contributed by atoms with Crippen LogP contribution in [0.5, 0.6) is 0 Å². The summed E-state index contributed by atoms with van der Waals surface area (Å²) in [5.41, 5.74) is 0. The van der Waals surface area contributed by atoms with Crippen molar-refractivity contribution in [3.63, 3.8) is 0 Å². The first-order valence-electron chi connectivity index (χ1n) is 8.71. The largest absolute Gasteiger partial charge is 0.379 e. The molecule has 2 saturated heterocycles. The lowest BCUT2D eigenvalue weighted by Crippen LogP contribution is -2.42. The summed E-state index contributed by atoms with van der Waals surface area (Å²) in [6.07, 6.45) is 2.90. The van der Waals surface area contributed by atoms with Crippen LogP contribution in [-0.4, -0.2) is 75.4 Å². The monoisotopic (exact) mass is 325 g/mol. The Bertz CT molecular complexity index is 420. The van der Waals surface area contributed by atoms with Crippen LogP contribution in [0.4, 0.5) is 0 Å². The molecule has 2 N–H and O–H groups in total. The highest BCUT2D eigenvalue weighted by Crippen LogP contribution is 2.38. The first kappa shape index (κ1) is 16.7. The van der Waals surface area contributed by atoms with E-state index < -0.39 is 0 Å². The molecule has 3 unspecified atom stereocenters. The zero-order chi connectivity index (χ0) is 16.1. The number of amides is 2. The summed E-state index contributed by atoms with van der Waals surface area (Å²) in [6.45, 7) is 6.23. The first-order valence-corrected chi connectivity index (χ1v) is 8.71. The lowest BCUT2D eigenvalue weighted by Gasteiger charge is -2.26. The average Bonchev–Trinajstić information content (AvgIpc) is 3.21. The van der Waals surface area contributed by atoms with Crippen molar-refractivity contribution in [2.45, 2.75) is 25.4 Å². The van der Waals surface area contributed by atoms with Crippen molar-refractivity contribution in [1.82, 2.24) is 15.5 Å². The average molecular weight is 325 g/mol. The van der Waals surface area contributed by atoms with Gasteiger partial charge in [-0.05, 0) is 19.3 Å². The Kier molecular flexibility index (Phi) is 5.85. The standard InChI is InChI=1S/C16H27N3O4/c20-15(17-3-4-19-5-8-22-9-6-19)13-10-14(13)16(21)18-11-12-2-1-7-23-12/h12-14H,1-11H2,(H,17,20)(H,18,21). The summed E-state index contributed by atoms with van der Waals surface area (Å²) in [7, 11) is 0. The second-order valence-electron chi connectivity index (χ2n) is 6.57. The molecule has 0 aromatic carbocycles. The smallest absolute Gasteiger partial charge is 0.224 e. The minimum atomic E-state index is -0.153. The van der Waals surface area contributed by atoms with E-state index in [0.717, 1.165) is 52.3 Å². The maximum Gasteiger partial charge on any atom is 0.224 e. The van der Waals surface area contributed by atoms with Crippen LogP contribution in [-0.2, 0) is 19.1 Å². The highest BCUT2D eigenvalue weighted by Gasteiger charge is 2.47. The summed E-state index contributed by atoms with van der Waals surface area (Å²) >= 11 is 0. The Hall–Kier alpha value is -1.18. The van der Waals surface area contributed by atoms with Gasteiger partial charge in [0.2, 0.25) is 11.8 Å². The van der Waals surface area contributed by atoms with E-state index in [4.69, 9.17) is 9.47 Å². The molecule has 2 aliphatic heterocycles. The summed E-state index contributed by atoms with van der Waals surface area (Å²) < 4.78 is 10.8. The van der Waals surface area contributed by atoms with Gasteiger partial charge in [-0.2, -0.15) is 0 Å². The van der Waals surface area contributed by atoms with Gasteiger partial charge in [-0.25, -0.2) is 0 Å². The fourth-order valence-corrected chi connectivity index (χ4v) is 3.22. The van der Waals surface area contributed by atoms with Gasteiger partial charge in [-0.3, -0.25) is 14.5 Å². The molecule has 1 saturated carbocycles. The molecule has 0 spiro atoms. The molecule has 130 valence electrons. The SMILES string of the molecule is O=C(NCCN1CCOCC1)C1CC1C(=O)NCC1CCCO1. The molecule has 7 nitrogen and oxygen atoms in total. The Labute approximate surface area is 137 Å². The number of rotatable bonds is 7. The maximum absolute atomic E-state index is 12.1. The van der Waals surface area contributed by atoms with E-state index in [9.17, 15) is 9.59 Å². The topological polar surface area (TPSA) is 79.9 Å². The van der Waals surface area contributed by atoms with Crippen LogP contribution in [0.1, 0.15) is 19.3 Å². The van der Waals surface area contributed by atoms with E-state index in [-0.39, 0.29) is 29.8 Å². The molecule has 0 aromatic rings. The second-order valence-corrected chi connectivity index (χ2v) is 6.57. The Morgan fingerprint density at radius 1 is 1.04 bits per heavy atom. The van der Waals surface area contributed by atoms with Crippen LogP contribution in [0, 0.1) is 11.8 Å². The molecular weight excluding hydrogens is 298 g/mol. The third kappa shape index (κ3) is 4.89. The molecule has 3 aliphatic rings. The second kappa shape index (κ2) is 8.08. The van der Waals surface area contributed by atoms with Crippen LogP contribution in [0.2, 0.25) is 0 Å². The Balaban J connectivity index is 1.28. The number of hydrogen-bond donors (Lipinski definition) is 2. The zero-order valence-electron chi connectivity index (χ0n) is 13.6. The van der Waals surface area contributed by atoms with E-state index in [1.54, 1.807) is 0 Å². The third-order valence-electron chi connectivity index (χ3n) is 4.82. The fourth-order valence-electron chi connectivity index (χ4n) is 3.22. The van der Waals surface area contributed by atoms with Gasteiger partial charge in [0.15, 0.2) is 0 Å². The van der Waals surface area contributed by atoms with E-state index in [0.29, 0.717) is 19.5 Å². The van der Waals surface area contributed by atoms with Gasteiger partial charge in [0.25, 0.3) is 0 Å². The molecule has 23 heavy (non-hydrogen) atoms. The van der Waals surface area contributed by atoms with E-state index in [1.807, 2.05) is 0 Å². The molecule has 7 heteroatoms. The van der Waals surface area contributed by atoms with Crippen molar-refractivity contribution >= 4 is 11.8 Å². The highest BCUT2D eigenvalue weighted by molar-refractivity contribution is 5.92. The zero-order valence-corrected chi connectivity index (χ0v) is 13.6. The molecule has 1 aliphatic carbocycles. The van der Waals surface area contributed by atoms with Crippen molar-refractivity contribution in [3.8, 4) is 0 Å². The van der Waals surface area contributed by atoms with Crippen LogP contribution in [0.3, 0.4) is 0 Å². The normalized spacial score (nSPS) is 30.9. The van der Waals surface area contributed by atoms with Gasteiger partial charge in [-0.15, -0.1) is 0 Å². The number of nitrogens with one attached hydrogen (secondary N) is 2.